The first-order valence-electron chi connectivity index (χ1n) is 7.85. The van der Waals surface area contributed by atoms with Crippen LogP contribution in [0.15, 0.2) is 29.6 Å². The molecule has 0 aliphatic heterocycles. The van der Waals surface area contributed by atoms with E-state index in [0.29, 0.717) is 6.04 Å². The second-order valence-electron chi connectivity index (χ2n) is 5.80. The molecule has 1 aromatic carbocycles. The highest BCUT2D eigenvalue weighted by Gasteiger charge is 2.18. The van der Waals surface area contributed by atoms with Gasteiger partial charge in [-0.25, -0.2) is 0 Å². The molecule has 0 fully saturated rings. The first-order valence-corrected chi connectivity index (χ1v) is 9.10. The Balaban J connectivity index is 1.79. The van der Waals surface area contributed by atoms with Gasteiger partial charge in [-0.3, -0.25) is 0 Å². The second-order valence-corrected chi connectivity index (χ2v) is 7.16. The summed E-state index contributed by atoms with van der Waals surface area (Å²) in [6.45, 7) is 3.24. The molecule has 112 valence electrons. The maximum atomic E-state index is 6.34. The molecule has 1 aromatic heterocycles. The van der Waals surface area contributed by atoms with Gasteiger partial charge >= 0.3 is 0 Å². The third-order valence-electron chi connectivity index (χ3n) is 4.20. The second kappa shape index (κ2) is 6.95. The third-order valence-corrected chi connectivity index (χ3v) is 5.68. The van der Waals surface area contributed by atoms with E-state index in [4.69, 9.17) is 11.6 Å². The van der Waals surface area contributed by atoms with Gasteiger partial charge in [0.1, 0.15) is 0 Å². The number of hydrogen-bond donors (Lipinski definition) is 1. The van der Waals surface area contributed by atoms with Crippen molar-refractivity contribution >= 4 is 22.9 Å². The minimum absolute atomic E-state index is 0.330. The standard InChI is InChI=1S/C18H22ClNS/c1-2-9-20-17(18-16(19)8-10-21-18)12-13-6-7-14-4-3-5-15(14)11-13/h6-8,10-11,17,20H,2-5,9,12H2,1H3. The Kier molecular flexibility index (Phi) is 4.99. The van der Waals surface area contributed by atoms with Crippen molar-refractivity contribution in [2.45, 2.75) is 45.1 Å². The van der Waals surface area contributed by atoms with Gasteiger partial charge in [0.25, 0.3) is 0 Å². The molecule has 0 amide bonds. The summed E-state index contributed by atoms with van der Waals surface area (Å²) in [6, 6.07) is 9.36. The van der Waals surface area contributed by atoms with E-state index in [1.807, 2.05) is 6.07 Å². The van der Waals surface area contributed by atoms with Crippen molar-refractivity contribution in [1.82, 2.24) is 5.32 Å². The van der Waals surface area contributed by atoms with Gasteiger partial charge in [-0.1, -0.05) is 36.7 Å². The molecule has 2 aromatic rings. The summed E-state index contributed by atoms with van der Waals surface area (Å²) in [5.41, 5.74) is 4.53. The summed E-state index contributed by atoms with van der Waals surface area (Å²) in [5, 5.41) is 6.64. The highest BCUT2D eigenvalue weighted by molar-refractivity contribution is 7.10. The normalized spacial score (nSPS) is 15.1. The van der Waals surface area contributed by atoms with Gasteiger partial charge in [0.2, 0.25) is 0 Å². The van der Waals surface area contributed by atoms with Crippen LogP contribution in [0.25, 0.3) is 0 Å². The van der Waals surface area contributed by atoms with Crippen LogP contribution < -0.4 is 5.32 Å². The first kappa shape index (κ1) is 15.1. The Morgan fingerprint density at radius 2 is 2.10 bits per heavy atom. The quantitative estimate of drug-likeness (QED) is 0.774. The minimum Gasteiger partial charge on any atom is -0.309 e. The Morgan fingerprint density at radius 1 is 1.24 bits per heavy atom. The molecule has 1 N–H and O–H groups in total. The molecule has 1 aliphatic carbocycles. The summed E-state index contributed by atoms with van der Waals surface area (Å²) in [6.07, 6.45) is 5.98. The minimum atomic E-state index is 0.330. The van der Waals surface area contributed by atoms with E-state index in [1.54, 1.807) is 22.5 Å². The molecular weight excluding hydrogens is 298 g/mol. The van der Waals surface area contributed by atoms with Gasteiger partial charge in [0.15, 0.2) is 0 Å². The average Bonchev–Trinajstić information content (AvgIpc) is 3.11. The summed E-state index contributed by atoms with van der Waals surface area (Å²) >= 11 is 8.10. The maximum Gasteiger partial charge on any atom is 0.0561 e. The fourth-order valence-corrected chi connectivity index (χ4v) is 4.38. The third kappa shape index (κ3) is 3.50. The number of fused-ring (bicyclic) bond motifs is 1. The number of thiophene rings is 1. The predicted octanol–water partition coefficient (Wildman–Crippen LogP) is 5.17. The van der Waals surface area contributed by atoms with Crippen LogP contribution in [0.3, 0.4) is 0 Å². The lowest BCUT2D eigenvalue weighted by atomic mass is 10.00. The molecule has 0 spiro atoms. The highest BCUT2D eigenvalue weighted by Crippen LogP contribution is 2.32. The zero-order chi connectivity index (χ0) is 14.7. The van der Waals surface area contributed by atoms with Crippen LogP contribution >= 0.6 is 22.9 Å². The molecule has 1 nitrogen and oxygen atoms in total. The number of nitrogens with one attached hydrogen (secondary N) is 1. The van der Waals surface area contributed by atoms with Crippen molar-refractivity contribution in [2.24, 2.45) is 0 Å². The van der Waals surface area contributed by atoms with Crippen LogP contribution in [0.2, 0.25) is 5.02 Å². The van der Waals surface area contributed by atoms with Crippen molar-refractivity contribution < 1.29 is 0 Å². The molecule has 1 aliphatic rings. The molecule has 3 heteroatoms. The van der Waals surface area contributed by atoms with Crippen molar-refractivity contribution in [3.05, 3.63) is 56.2 Å². The summed E-state index contributed by atoms with van der Waals surface area (Å²) in [5.74, 6) is 0. The van der Waals surface area contributed by atoms with E-state index < -0.39 is 0 Å². The van der Waals surface area contributed by atoms with Gasteiger partial charge < -0.3 is 5.32 Å². The van der Waals surface area contributed by atoms with E-state index in [2.05, 4.69) is 35.8 Å². The molecule has 3 rings (SSSR count). The van der Waals surface area contributed by atoms with Crippen molar-refractivity contribution in [2.75, 3.05) is 6.54 Å². The molecule has 21 heavy (non-hydrogen) atoms. The predicted molar refractivity (Wildman–Crippen MR) is 92.5 cm³/mol. The number of hydrogen-bond acceptors (Lipinski definition) is 2. The average molecular weight is 320 g/mol. The van der Waals surface area contributed by atoms with Crippen molar-refractivity contribution in [1.29, 1.82) is 0 Å². The van der Waals surface area contributed by atoms with Crippen molar-refractivity contribution in [3.8, 4) is 0 Å². The van der Waals surface area contributed by atoms with E-state index in [1.165, 1.54) is 29.7 Å². The van der Waals surface area contributed by atoms with Crippen LogP contribution in [0, 0.1) is 0 Å². The monoisotopic (exact) mass is 319 g/mol. The summed E-state index contributed by atoms with van der Waals surface area (Å²) in [7, 11) is 0. The first-order chi connectivity index (χ1) is 10.3. The van der Waals surface area contributed by atoms with Crippen molar-refractivity contribution in [3.63, 3.8) is 0 Å². The van der Waals surface area contributed by atoms with E-state index >= 15 is 0 Å². The molecule has 1 atom stereocenters. The van der Waals surface area contributed by atoms with Gasteiger partial charge in [0.05, 0.1) is 5.02 Å². The molecule has 0 saturated heterocycles. The Hall–Kier alpha value is -0.830. The van der Waals surface area contributed by atoms with Crippen LogP contribution in [0.1, 0.15) is 47.4 Å². The van der Waals surface area contributed by atoms with Crippen LogP contribution in [0.4, 0.5) is 0 Å². The fourth-order valence-electron chi connectivity index (χ4n) is 3.12. The maximum absolute atomic E-state index is 6.34. The Labute approximate surface area is 136 Å². The Morgan fingerprint density at radius 3 is 2.86 bits per heavy atom. The largest absolute Gasteiger partial charge is 0.309 e. The molecule has 0 bridgehead atoms. The van der Waals surface area contributed by atoms with E-state index in [9.17, 15) is 0 Å². The van der Waals surface area contributed by atoms with Crippen LogP contribution in [0.5, 0.6) is 0 Å². The number of benzene rings is 1. The topological polar surface area (TPSA) is 12.0 Å². The number of rotatable bonds is 6. The summed E-state index contributed by atoms with van der Waals surface area (Å²) < 4.78 is 0. The van der Waals surface area contributed by atoms with Gasteiger partial charge in [-0.15, -0.1) is 11.3 Å². The van der Waals surface area contributed by atoms with E-state index in [0.717, 1.165) is 24.4 Å². The Bertz CT molecular complexity index is 605. The number of halogens is 1. The van der Waals surface area contributed by atoms with E-state index in [-0.39, 0.29) is 0 Å². The fraction of sp³-hybridized carbons (Fsp3) is 0.444. The molecule has 1 heterocycles. The zero-order valence-electron chi connectivity index (χ0n) is 12.5. The van der Waals surface area contributed by atoms with Gasteiger partial charge in [-0.2, -0.15) is 0 Å². The number of aryl methyl sites for hydroxylation is 2. The molecule has 0 radical (unpaired) electrons. The van der Waals surface area contributed by atoms with Gasteiger partial charge in [-0.05, 0) is 66.8 Å². The SMILES string of the molecule is CCCNC(Cc1ccc2c(c1)CCC2)c1sccc1Cl. The van der Waals surface area contributed by atoms with Gasteiger partial charge in [0, 0.05) is 10.9 Å². The lowest BCUT2D eigenvalue weighted by molar-refractivity contribution is 0.536. The lowest BCUT2D eigenvalue weighted by Gasteiger charge is -2.18. The molecular formula is C18H22ClNS. The molecule has 0 saturated carbocycles. The van der Waals surface area contributed by atoms with Crippen LogP contribution in [-0.2, 0) is 19.3 Å². The highest BCUT2D eigenvalue weighted by atomic mass is 35.5. The summed E-state index contributed by atoms with van der Waals surface area (Å²) in [4.78, 5) is 1.27. The van der Waals surface area contributed by atoms with Crippen LogP contribution in [-0.4, -0.2) is 6.54 Å². The molecule has 1 unspecified atom stereocenters. The smallest absolute Gasteiger partial charge is 0.0561 e. The zero-order valence-corrected chi connectivity index (χ0v) is 14.1. The lowest BCUT2D eigenvalue weighted by Crippen LogP contribution is -2.23.